The summed E-state index contributed by atoms with van der Waals surface area (Å²) in [4.78, 5) is 28.5. The van der Waals surface area contributed by atoms with Crippen molar-refractivity contribution < 1.29 is 18.7 Å². The number of rotatable bonds is 2. The van der Waals surface area contributed by atoms with Crippen molar-refractivity contribution in [2.24, 2.45) is 0 Å². The van der Waals surface area contributed by atoms with Crippen LogP contribution in [0, 0.1) is 0 Å². The van der Waals surface area contributed by atoms with E-state index in [-0.39, 0.29) is 24.1 Å². The first-order valence-electron chi connectivity index (χ1n) is 5.23. The Morgan fingerprint density at radius 3 is 3.06 bits per heavy atom. The molecule has 2 heterocycles. The number of ether oxygens (including phenoxy) is 1. The highest BCUT2D eigenvalue weighted by Crippen LogP contribution is 2.10. The van der Waals surface area contributed by atoms with Crippen LogP contribution in [0.15, 0.2) is 17.0 Å². The number of likely N-dealkylation sites (N-methyl/N-ethyl adjacent to an activating group) is 1. The molecule has 1 atom stereocenters. The topological polar surface area (TPSA) is 84.7 Å². The van der Waals surface area contributed by atoms with E-state index >= 15 is 0 Å². The summed E-state index contributed by atoms with van der Waals surface area (Å²) in [7, 11) is 1.53. The molecule has 2 amide bonds. The van der Waals surface area contributed by atoms with Crippen LogP contribution in [-0.2, 0) is 9.53 Å². The molecule has 1 N–H and O–H groups in total. The Hall–Kier alpha value is -1.89. The maximum absolute atomic E-state index is 11.9. The van der Waals surface area contributed by atoms with E-state index in [2.05, 4.69) is 10.3 Å². The molecule has 1 aliphatic heterocycles. The van der Waals surface area contributed by atoms with Gasteiger partial charge in [0.05, 0.1) is 19.3 Å². The van der Waals surface area contributed by atoms with Crippen LogP contribution in [0.3, 0.4) is 0 Å². The standard InChI is InChI=1S/C10H13N3O4/c1-11-9(14)8-5-13(2-3-16-8)10(15)7-4-12-6-17-7/h4,6,8H,2-3,5H2,1H3,(H,11,14)/t8-/m0/s1. The molecular formula is C10H13N3O4. The lowest BCUT2D eigenvalue weighted by Gasteiger charge is -2.31. The van der Waals surface area contributed by atoms with E-state index in [9.17, 15) is 9.59 Å². The predicted octanol–water partition coefficient (Wildman–Crippen LogP) is -0.738. The number of hydrogen-bond acceptors (Lipinski definition) is 5. The van der Waals surface area contributed by atoms with E-state index in [0.717, 1.165) is 0 Å². The zero-order chi connectivity index (χ0) is 12.3. The summed E-state index contributed by atoms with van der Waals surface area (Å²) in [5.74, 6) is -0.345. The van der Waals surface area contributed by atoms with Crippen molar-refractivity contribution >= 4 is 11.8 Å². The number of oxazole rings is 1. The number of carbonyl (C=O) groups excluding carboxylic acids is 2. The highest BCUT2D eigenvalue weighted by molar-refractivity contribution is 5.92. The average molecular weight is 239 g/mol. The van der Waals surface area contributed by atoms with Gasteiger partial charge in [-0.1, -0.05) is 0 Å². The number of nitrogens with zero attached hydrogens (tertiary/aromatic N) is 2. The molecule has 1 aromatic heterocycles. The Kier molecular flexibility index (Phi) is 3.38. The quantitative estimate of drug-likeness (QED) is 0.735. The van der Waals surface area contributed by atoms with Gasteiger partial charge < -0.3 is 19.4 Å². The minimum absolute atomic E-state index is 0.169. The van der Waals surface area contributed by atoms with E-state index in [4.69, 9.17) is 9.15 Å². The van der Waals surface area contributed by atoms with Crippen LogP contribution >= 0.6 is 0 Å². The zero-order valence-electron chi connectivity index (χ0n) is 9.38. The van der Waals surface area contributed by atoms with E-state index in [0.29, 0.717) is 13.2 Å². The van der Waals surface area contributed by atoms with E-state index in [1.165, 1.54) is 24.5 Å². The SMILES string of the molecule is CNC(=O)[C@@H]1CN(C(=O)c2cnco2)CCO1. The fraction of sp³-hybridized carbons (Fsp3) is 0.500. The van der Waals surface area contributed by atoms with Gasteiger partial charge in [0.1, 0.15) is 0 Å². The Labute approximate surface area is 97.7 Å². The smallest absolute Gasteiger partial charge is 0.291 e. The molecular weight excluding hydrogens is 226 g/mol. The highest BCUT2D eigenvalue weighted by atomic mass is 16.5. The van der Waals surface area contributed by atoms with Gasteiger partial charge in [-0.2, -0.15) is 0 Å². The largest absolute Gasteiger partial charge is 0.438 e. The Balaban J connectivity index is 2.02. The molecule has 0 bridgehead atoms. The summed E-state index contributed by atoms with van der Waals surface area (Å²) < 4.78 is 10.2. The molecule has 1 fully saturated rings. The summed E-state index contributed by atoms with van der Waals surface area (Å²) in [6.45, 7) is 0.990. The minimum Gasteiger partial charge on any atom is -0.438 e. The molecule has 0 spiro atoms. The summed E-state index contributed by atoms with van der Waals surface area (Å²) in [6.07, 6.45) is 1.93. The van der Waals surface area contributed by atoms with Gasteiger partial charge in [0.15, 0.2) is 12.5 Å². The first-order chi connectivity index (χ1) is 8.22. The highest BCUT2D eigenvalue weighted by Gasteiger charge is 2.30. The van der Waals surface area contributed by atoms with Gasteiger partial charge in [-0.25, -0.2) is 4.98 Å². The van der Waals surface area contributed by atoms with Crippen molar-refractivity contribution in [3.63, 3.8) is 0 Å². The number of carbonyl (C=O) groups is 2. The van der Waals surface area contributed by atoms with Crippen molar-refractivity contribution in [2.45, 2.75) is 6.10 Å². The van der Waals surface area contributed by atoms with Gasteiger partial charge in [0.25, 0.3) is 11.8 Å². The van der Waals surface area contributed by atoms with Crippen molar-refractivity contribution in [1.82, 2.24) is 15.2 Å². The van der Waals surface area contributed by atoms with Crippen molar-refractivity contribution in [1.29, 1.82) is 0 Å². The first-order valence-corrected chi connectivity index (χ1v) is 5.23. The molecule has 0 saturated carbocycles. The molecule has 2 rings (SSSR count). The number of nitrogens with one attached hydrogen (secondary N) is 1. The Morgan fingerprint density at radius 2 is 2.41 bits per heavy atom. The third kappa shape index (κ3) is 2.44. The van der Waals surface area contributed by atoms with Crippen molar-refractivity contribution in [3.05, 3.63) is 18.4 Å². The third-order valence-corrected chi connectivity index (χ3v) is 2.54. The zero-order valence-corrected chi connectivity index (χ0v) is 9.38. The van der Waals surface area contributed by atoms with Gasteiger partial charge in [-0.3, -0.25) is 9.59 Å². The Morgan fingerprint density at radius 1 is 1.59 bits per heavy atom. The molecule has 1 aromatic rings. The molecule has 17 heavy (non-hydrogen) atoms. The molecule has 0 aromatic carbocycles. The second kappa shape index (κ2) is 4.96. The van der Waals surface area contributed by atoms with E-state index < -0.39 is 6.10 Å². The molecule has 0 aliphatic carbocycles. The third-order valence-electron chi connectivity index (χ3n) is 2.54. The lowest BCUT2D eigenvalue weighted by atomic mass is 10.2. The lowest BCUT2D eigenvalue weighted by Crippen LogP contribution is -2.51. The van der Waals surface area contributed by atoms with Crippen molar-refractivity contribution in [2.75, 3.05) is 26.7 Å². The maximum atomic E-state index is 11.9. The fourth-order valence-electron chi connectivity index (χ4n) is 1.63. The molecule has 0 radical (unpaired) electrons. The van der Waals surface area contributed by atoms with Gasteiger partial charge in [0.2, 0.25) is 5.76 Å². The predicted molar refractivity (Wildman–Crippen MR) is 56.2 cm³/mol. The molecule has 0 unspecified atom stereocenters. The monoisotopic (exact) mass is 239 g/mol. The number of hydrogen-bond donors (Lipinski definition) is 1. The van der Waals surface area contributed by atoms with Crippen LogP contribution in [0.4, 0.5) is 0 Å². The van der Waals surface area contributed by atoms with Gasteiger partial charge >= 0.3 is 0 Å². The fourth-order valence-corrected chi connectivity index (χ4v) is 1.63. The van der Waals surface area contributed by atoms with Crippen LogP contribution in [0.25, 0.3) is 0 Å². The Bertz CT molecular complexity index is 404. The van der Waals surface area contributed by atoms with Gasteiger partial charge in [-0.05, 0) is 0 Å². The maximum Gasteiger partial charge on any atom is 0.291 e. The average Bonchev–Trinajstić information content (AvgIpc) is 2.91. The lowest BCUT2D eigenvalue weighted by molar-refractivity contribution is -0.136. The molecule has 1 aliphatic rings. The summed E-state index contributed by atoms with van der Waals surface area (Å²) in [5, 5.41) is 2.49. The summed E-state index contributed by atoms with van der Waals surface area (Å²) in [5.41, 5.74) is 0. The van der Waals surface area contributed by atoms with Crippen LogP contribution in [0.2, 0.25) is 0 Å². The van der Waals surface area contributed by atoms with E-state index in [1.807, 2.05) is 0 Å². The van der Waals surface area contributed by atoms with Gasteiger partial charge in [-0.15, -0.1) is 0 Å². The molecule has 92 valence electrons. The molecule has 1 saturated heterocycles. The van der Waals surface area contributed by atoms with Crippen LogP contribution in [0.5, 0.6) is 0 Å². The second-order valence-electron chi connectivity index (χ2n) is 3.59. The molecule has 7 nitrogen and oxygen atoms in total. The normalized spacial score (nSPS) is 20.1. The second-order valence-corrected chi connectivity index (χ2v) is 3.59. The van der Waals surface area contributed by atoms with Crippen LogP contribution in [0.1, 0.15) is 10.6 Å². The number of aromatic nitrogens is 1. The van der Waals surface area contributed by atoms with Crippen LogP contribution < -0.4 is 5.32 Å². The van der Waals surface area contributed by atoms with Crippen LogP contribution in [-0.4, -0.2) is 54.5 Å². The number of morpholine rings is 1. The van der Waals surface area contributed by atoms with Crippen molar-refractivity contribution in [3.8, 4) is 0 Å². The number of amides is 2. The molecule has 7 heteroatoms. The van der Waals surface area contributed by atoms with E-state index in [1.54, 1.807) is 0 Å². The minimum atomic E-state index is -0.624. The summed E-state index contributed by atoms with van der Waals surface area (Å²) >= 11 is 0. The summed E-state index contributed by atoms with van der Waals surface area (Å²) in [6, 6.07) is 0. The van der Waals surface area contributed by atoms with Gasteiger partial charge in [0, 0.05) is 13.6 Å². The first kappa shape index (κ1) is 11.6.